The fraction of sp³-hybridized carbons (Fsp3) is 0.846. The maximum Gasteiger partial charge on any atom is 0.307 e. The molecule has 18 heavy (non-hydrogen) atoms. The number of amides is 1. The largest absolute Gasteiger partial charge is 0.481 e. The lowest BCUT2D eigenvalue weighted by Crippen LogP contribution is -2.43. The highest BCUT2D eigenvalue weighted by Crippen LogP contribution is 2.40. The Labute approximate surface area is 108 Å². The molecule has 5 heteroatoms. The van der Waals surface area contributed by atoms with E-state index in [1.54, 1.807) is 12.0 Å². The van der Waals surface area contributed by atoms with Crippen LogP contribution < -0.4 is 0 Å². The van der Waals surface area contributed by atoms with Crippen LogP contribution in [0.1, 0.15) is 33.1 Å². The van der Waals surface area contributed by atoms with E-state index in [-0.39, 0.29) is 17.9 Å². The van der Waals surface area contributed by atoms with Crippen molar-refractivity contribution >= 4 is 11.9 Å². The third-order valence-corrected chi connectivity index (χ3v) is 3.63. The molecular formula is C13H23NO4. The first-order valence-corrected chi connectivity index (χ1v) is 6.58. The van der Waals surface area contributed by atoms with E-state index in [4.69, 9.17) is 9.84 Å². The number of ether oxygens (including phenoxy) is 1. The fourth-order valence-electron chi connectivity index (χ4n) is 2.35. The van der Waals surface area contributed by atoms with Crippen LogP contribution in [0, 0.1) is 11.8 Å². The molecule has 0 aliphatic heterocycles. The van der Waals surface area contributed by atoms with Crippen molar-refractivity contribution in [3.05, 3.63) is 0 Å². The van der Waals surface area contributed by atoms with Crippen molar-refractivity contribution in [2.24, 2.45) is 11.8 Å². The first-order chi connectivity index (χ1) is 8.56. The molecule has 0 saturated heterocycles. The van der Waals surface area contributed by atoms with Gasteiger partial charge in [-0.05, 0) is 19.3 Å². The molecule has 1 fully saturated rings. The van der Waals surface area contributed by atoms with Gasteiger partial charge in [-0.1, -0.05) is 13.8 Å². The van der Waals surface area contributed by atoms with Crippen molar-refractivity contribution in [3.63, 3.8) is 0 Å². The molecule has 1 aliphatic rings. The van der Waals surface area contributed by atoms with Crippen molar-refractivity contribution in [1.29, 1.82) is 0 Å². The third kappa shape index (κ3) is 3.45. The van der Waals surface area contributed by atoms with E-state index in [2.05, 4.69) is 0 Å². The van der Waals surface area contributed by atoms with Crippen LogP contribution in [0.15, 0.2) is 0 Å². The van der Waals surface area contributed by atoms with Crippen molar-refractivity contribution in [2.45, 2.75) is 39.2 Å². The van der Waals surface area contributed by atoms with Crippen molar-refractivity contribution in [2.75, 3.05) is 20.3 Å². The van der Waals surface area contributed by atoms with E-state index >= 15 is 0 Å². The molecule has 0 heterocycles. The van der Waals surface area contributed by atoms with Gasteiger partial charge in [-0.2, -0.15) is 0 Å². The predicted octanol–water partition coefficient (Wildman–Crippen LogP) is 1.37. The Morgan fingerprint density at radius 1 is 1.33 bits per heavy atom. The van der Waals surface area contributed by atoms with Crippen molar-refractivity contribution in [3.8, 4) is 0 Å². The van der Waals surface area contributed by atoms with Crippen LogP contribution in [0.5, 0.6) is 0 Å². The van der Waals surface area contributed by atoms with E-state index in [0.29, 0.717) is 19.6 Å². The minimum absolute atomic E-state index is 0.0202. The Kier molecular flexibility index (Phi) is 5.59. The predicted molar refractivity (Wildman–Crippen MR) is 67.2 cm³/mol. The van der Waals surface area contributed by atoms with Gasteiger partial charge >= 0.3 is 5.97 Å². The highest BCUT2D eigenvalue weighted by atomic mass is 16.5. The molecular weight excluding hydrogens is 234 g/mol. The zero-order valence-corrected chi connectivity index (χ0v) is 11.4. The van der Waals surface area contributed by atoms with Crippen molar-refractivity contribution in [1.82, 2.24) is 4.90 Å². The number of aliphatic carboxylic acids is 1. The third-order valence-electron chi connectivity index (χ3n) is 3.63. The molecule has 0 bridgehead atoms. The van der Waals surface area contributed by atoms with Crippen LogP contribution in [0.25, 0.3) is 0 Å². The summed E-state index contributed by atoms with van der Waals surface area (Å²) in [6.45, 7) is 5.13. The van der Waals surface area contributed by atoms with Crippen LogP contribution in [-0.4, -0.2) is 48.2 Å². The normalized spacial score (nSPS) is 22.0. The molecule has 2 unspecified atom stereocenters. The first-order valence-electron chi connectivity index (χ1n) is 6.58. The molecule has 1 saturated carbocycles. The molecule has 1 aliphatic carbocycles. The van der Waals surface area contributed by atoms with Crippen LogP contribution in [0.2, 0.25) is 0 Å². The zero-order chi connectivity index (χ0) is 13.7. The molecule has 1 amide bonds. The van der Waals surface area contributed by atoms with Gasteiger partial charge in [0.2, 0.25) is 5.91 Å². The second-order valence-corrected chi connectivity index (χ2v) is 4.78. The summed E-state index contributed by atoms with van der Waals surface area (Å²) in [5, 5.41) is 8.89. The van der Waals surface area contributed by atoms with Crippen LogP contribution in [-0.2, 0) is 14.3 Å². The first kappa shape index (κ1) is 15.0. The second-order valence-electron chi connectivity index (χ2n) is 4.78. The Morgan fingerprint density at radius 2 is 1.94 bits per heavy atom. The number of carboxylic acids is 1. The van der Waals surface area contributed by atoms with E-state index < -0.39 is 11.9 Å². The lowest BCUT2D eigenvalue weighted by atomic mass is 10.1. The van der Waals surface area contributed by atoms with Crippen LogP contribution in [0.3, 0.4) is 0 Å². The standard InChI is InChI=1S/C13H23NO4/c1-4-9(5-2)14(6-7-18-3)12(15)10-8-11(10)13(16)17/h9-11H,4-8H2,1-3H3,(H,16,17). The Bertz CT molecular complexity index is 301. The van der Waals surface area contributed by atoms with Gasteiger partial charge < -0.3 is 14.7 Å². The number of hydrogen-bond acceptors (Lipinski definition) is 3. The second kappa shape index (κ2) is 6.73. The van der Waals surface area contributed by atoms with Crippen molar-refractivity contribution < 1.29 is 19.4 Å². The Hall–Kier alpha value is -1.10. The highest BCUT2D eigenvalue weighted by molar-refractivity contribution is 5.89. The minimum atomic E-state index is -0.857. The molecule has 2 atom stereocenters. The topological polar surface area (TPSA) is 66.8 Å². The van der Waals surface area contributed by atoms with Gasteiger partial charge in [0.05, 0.1) is 18.4 Å². The van der Waals surface area contributed by atoms with Gasteiger partial charge in [0.25, 0.3) is 0 Å². The summed E-state index contributed by atoms with van der Waals surface area (Å²) >= 11 is 0. The van der Waals surface area contributed by atoms with Gasteiger partial charge in [0.1, 0.15) is 0 Å². The summed E-state index contributed by atoms with van der Waals surface area (Å²) in [5.74, 6) is -1.67. The van der Waals surface area contributed by atoms with Gasteiger partial charge in [-0.15, -0.1) is 0 Å². The number of carboxylic acid groups (broad SMARTS) is 1. The molecule has 0 radical (unpaired) electrons. The van der Waals surface area contributed by atoms with Crippen LogP contribution >= 0.6 is 0 Å². The average Bonchev–Trinajstić information content (AvgIpc) is 3.14. The van der Waals surface area contributed by atoms with E-state index in [0.717, 1.165) is 12.8 Å². The number of nitrogens with zero attached hydrogens (tertiary/aromatic N) is 1. The molecule has 1 N–H and O–H groups in total. The quantitative estimate of drug-likeness (QED) is 0.713. The molecule has 5 nitrogen and oxygen atoms in total. The summed E-state index contributed by atoms with van der Waals surface area (Å²) in [6, 6.07) is 0.183. The zero-order valence-electron chi connectivity index (χ0n) is 11.4. The van der Waals surface area contributed by atoms with E-state index in [9.17, 15) is 9.59 Å². The van der Waals surface area contributed by atoms with E-state index in [1.807, 2.05) is 13.8 Å². The van der Waals surface area contributed by atoms with Gasteiger partial charge in [-0.25, -0.2) is 0 Å². The van der Waals surface area contributed by atoms with Gasteiger partial charge in [0.15, 0.2) is 0 Å². The maximum atomic E-state index is 12.3. The molecule has 0 aromatic carbocycles. The number of hydrogen-bond donors (Lipinski definition) is 1. The maximum absolute atomic E-state index is 12.3. The summed E-state index contributed by atoms with van der Waals surface area (Å²) in [4.78, 5) is 24.9. The monoisotopic (exact) mass is 257 g/mol. The molecule has 0 aromatic heterocycles. The van der Waals surface area contributed by atoms with E-state index in [1.165, 1.54) is 0 Å². The Balaban J connectivity index is 2.64. The number of carbonyl (C=O) groups excluding carboxylic acids is 1. The average molecular weight is 257 g/mol. The van der Waals surface area contributed by atoms with Gasteiger partial charge in [0, 0.05) is 19.7 Å². The molecule has 0 aromatic rings. The Morgan fingerprint density at radius 3 is 2.33 bits per heavy atom. The minimum Gasteiger partial charge on any atom is -0.481 e. The number of carbonyl (C=O) groups is 2. The summed E-state index contributed by atoms with van der Waals surface area (Å²) < 4.78 is 5.03. The fourth-order valence-corrected chi connectivity index (χ4v) is 2.35. The molecule has 1 rings (SSSR count). The molecule has 104 valence electrons. The summed E-state index contributed by atoms with van der Waals surface area (Å²) in [5.41, 5.74) is 0. The highest BCUT2D eigenvalue weighted by Gasteiger charge is 2.50. The smallest absolute Gasteiger partial charge is 0.307 e. The summed E-state index contributed by atoms with van der Waals surface area (Å²) in [7, 11) is 1.60. The van der Waals surface area contributed by atoms with Gasteiger partial charge in [-0.3, -0.25) is 9.59 Å². The number of methoxy groups -OCH3 is 1. The lowest BCUT2D eigenvalue weighted by molar-refractivity contribution is -0.143. The molecule has 0 spiro atoms. The SMILES string of the molecule is CCC(CC)N(CCOC)C(=O)C1CC1C(=O)O. The summed E-state index contributed by atoms with van der Waals surface area (Å²) in [6.07, 6.45) is 2.25. The van der Waals surface area contributed by atoms with Crippen LogP contribution in [0.4, 0.5) is 0 Å². The number of rotatable bonds is 8. The lowest BCUT2D eigenvalue weighted by Gasteiger charge is -2.30.